The lowest BCUT2D eigenvalue weighted by Crippen LogP contribution is -2.26. The summed E-state index contributed by atoms with van der Waals surface area (Å²) in [5.41, 5.74) is 1.32. The Labute approximate surface area is 211 Å². The van der Waals surface area contributed by atoms with E-state index in [1.807, 2.05) is 42.5 Å². The minimum Gasteiger partial charge on any atom is -0.497 e. The van der Waals surface area contributed by atoms with Crippen LogP contribution < -0.4 is 15.0 Å². The maximum atomic E-state index is 13.2. The Morgan fingerprint density at radius 1 is 0.912 bits per heavy atom. The molecule has 3 aromatic carbocycles. The van der Waals surface area contributed by atoms with E-state index >= 15 is 0 Å². The van der Waals surface area contributed by atoms with Gasteiger partial charge in [0, 0.05) is 10.6 Å². The van der Waals surface area contributed by atoms with Gasteiger partial charge in [-0.3, -0.25) is 9.36 Å². The van der Waals surface area contributed by atoms with Crippen molar-refractivity contribution in [2.75, 3.05) is 26.9 Å². The molecule has 34 heavy (non-hydrogen) atoms. The molecular formula is C25H21Cl3N2O4. The zero-order chi connectivity index (χ0) is 24.1. The Balaban J connectivity index is 1.47. The van der Waals surface area contributed by atoms with Crippen LogP contribution in [0.4, 0.5) is 0 Å². The SMILES string of the molecule is COc1ccc(-c2nc3ccccc3c(=O)n2CCOCCOc2c(Cl)cc(Cl)cc2Cl)cc1. The van der Waals surface area contributed by atoms with Crippen LogP contribution in [0.5, 0.6) is 11.5 Å². The first-order valence-electron chi connectivity index (χ1n) is 10.5. The molecule has 4 aromatic rings. The summed E-state index contributed by atoms with van der Waals surface area (Å²) in [6.45, 7) is 1.12. The number of benzene rings is 3. The van der Waals surface area contributed by atoms with Crippen LogP contribution in [0, 0.1) is 0 Å². The molecule has 0 fully saturated rings. The Hall–Kier alpha value is -2.77. The predicted octanol–water partition coefficient (Wildman–Crippen LogP) is 6.13. The number of ether oxygens (including phenoxy) is 3. The number of fused-ring (bicyclic) bond motifs is 1. The molecule has 0 aliphatic carbocycles. The number of rotatable bonds is 9. The van der Waals surface area contributed by atoms with Gasteiger partial charge in [0.25, 0.3) is 5.56 Å². The average molecular weight is 520 g/mol. The summed E-state index contributed by atoms with van der Waals surface area (Å²) in [6.07, 6.45) is 0. The van der Waals surface area contributed by atoms with E-state index in [0.717, 1.165) is 11.3 Å². The third-order valence-electron chi connectivity index (χ3n) is 5.11. The number of halogens is 3. The van der Waals surface area contributed by atoms with E-state index in [2.05, 4.69) is 0 Å². The number of hydrogen-bond acceptors (Lipinski definition) is 5. The van der Waals surface area contributed by atoms with Gasteiger partial charge in [0.2, 0.25) is 0 Å². The number of hydrogen-bond donors (Lipinski definition) is 0. The first-order chi connectivity index (χ1) is 16.5. The van der Waals surface area contributed by atoms with Crippen molar-refractivity contribution in [1.29, 1.82) is 0 Å². The smallest absolute Gasteiger partial charge is 0.261 e. The number of methoxy groups -OCH3 is 1. The van der Waals surface area contributed by atoms with Crippen LogP contribution in [0.15, 0.2) is 65.5 Å². The van der Waals surface area contributed by atoms with Crippen molar-refractivity contribution in [3.05, 3.63) is 86.1 Å². The molecule has 4 rings (SSSR count). The quantitative estimate of drug-likeness (QED) is 0.249. The van der Waals surface area contributed by atoms with Gasteiger partial charge in [-0.2, -0.15) is 0 Å². The lowest BCUT2D eigenvalue weighted by atomic mass is 10.1. The van der Waals surface area contributed by atoms with Gasteiger partial charge in [0.1, 0.15) is 18.2 Å². The number of aromatic nitrogens is 2. The molecule has 0 spiro atoms. The fourth-order valence-corrected chi connectivity index (χ4v) is 4.39. The molecule has 0 radical (unpaired) electrons. The standard InChI is InChI=1S/C25H21Cl3N2O4/c1-32-18-8-6-16(7-9-18)24-29-22-5-3-2-4-19(22)25(31)30(24)10-11-33-12-13-34-23-20(27)14-17(26)15-21(23)28/h2-9,14-15H,10-13H2,1H3. The molecule has 176 valence electrons. The summed E-state index contributed by atoms with van der Waals surface area (Å²) in [5, 5.41) is 1.64. The van der Waals surface area contributed by atoms with Gasteiger partial charge in [-0.15, -0.1) is 0 Å². The van der Waals surface area contributed by atoms with E-state index in [9.17, 15) is 4.79 Å². The maximum absolute atomic E-state index is 13.2. The lowest BCUT2D eigenvalue weighted by Gasteiger charge is -2.15. The third kappa shape index (κ3) is 5.47. The molecule has 0 aliphatic rings. The third-order valence-corrected chi connectivity index (χ3v) is 5.89. The molecule has 0 saturated carbocycles. The Morgan fingerprint density at radius 3 is 2.32 bits per heavy atom. The lowest BCUT2D eigenvalue weighted by molar-refractivity contribution is 0.0941. The predicted molar refractivity (Wildman–Crippen MR) is 136 cm³/mol. The van der Waals surface area contributed by atoms with Gasteiger partial charge < -0.3 is 14.2 Å². The van der Waals surface area contributed by atoms with Crippen LogP contribution in [-0.4, -0.2) is 36.5 Å². The molecule has 9 heteroatoms. The van der Waals surface area contributed by atoms with E-state index in [-0.39, 0.29) is 25.4 Å². The van der Waals surface area contributed by atoms with Crippen molar-refractivity contribution in [2.24, 2.45) is 0 Å². The van der Waals surface area contributed by atoms with Crippen LogP contribution >= 0.6 is 34.8 Å². The normalized spacial score (nSPS) is 11.1. The van der Waals surface area contributed by atoms with Crippen molar-refractivity contribution in [2.45, 2.75) is 6.54 Å². The molecule has 1 aromatic heterocycles. The first-order valence-corrected chi connectivity index (χ1v) is 11.6. The van der Waals surface area contributed by atoms with Crippen LogP contribution in [-0.2, 0) is 11.3 Å². The fraction of sp³-hybridized carbons (Fsp3) is 0.200. The summed E-state index contributed by atoms with van der Waals surface area (Å²) in [7, 11) is 1.61. The Kier molecular flexibility index (Phi) is 7.95. The monoisotopic (exact) mass is 518 g/mol. The molecule has 0 atom stereocenters. The van der Waals surface area contributed by atoms with Crippen LogP contribution in [0.3, 0.4) is 0 Å². The Morgan fingerprint density at radius 2 is 1.62 bits per heavy atom. The highest BCUT2D eigenvalue weighted by Gasteiger charge is 2.13. The molecule has 0 saturated heterocycles. The van der Waals surface area contributed by atoms with Crippen molar-refractivity contribution in [1.82, 2.24) is 9.55 Å². The topological polar surface area (TPSA) is 62.6 Å². The molecule has 0 amide bonds. The highest BCUT2D eigenvalue weighted by Crippen LogP contribution is 2.35. The van der Waals surface area contributed by atoms with E-state index in [0.29, 0.717) is 44.1 Å². The minimum absolute atomic E-state index is 0.129. The molecule has 0 bridgehead atoms. The maximum Gasteiger partial charge on any atom is 0.261 e. The molecule has 6 nitrogen and oxygen atoms in total. The van der Waals surface area contributed by atoms with Gasteiger partial charge in [-0.25, -0.2) is 4.98 Å². The first kappa shape index (κ1) is 24.4. The highest BCUT2D eigenvalue weighted by atomic mass is 35.5. The summed E-state index contributed by atoms with van der Waals surface area (Å²) in [5.74, 6) is 1.64. The van der Waals surface area contributed by atoms with Crippen LogP contribution in [0.25, 0.3) is 22.3 Å². The van der Waals surface area contributed by atoms with Crippen molar-refractivity contribution in [3.8, 4) is 22.9 Å². The molecule has 1 heterocycles. The molecule has 0 unspecified atom stereocenters. The second kappa shape index (κ2) is 11.1. The van der Waals surface area contributed by atoms with Gasteiger partial charge in [-0.05, 0) is 48.5 Å². The average Bonchev–Trinajstić information content (AvgIpc) is 2.83. The summed E-state index contributed by atoms with van der Waals surface area (Å²) < 4.78 is 18.2. The summed E-state index contributed by atoms with van der Waals surface area (Å²) in [6, 6.07) is 17.8. The van der Waals surface area contributed by atoms with Gasteiger partial charge in [0.15, 0.2) is 5.75 Å². The summed E-state index contributed by atoms with van der Waals surface area (Å²) >= 11 is 18.2. The fourth-order valence-electron chi connectivity index (χ4n) is 3.46. The number of para-hydroxylation sites is 1. The van der Waals surface area contributed by atoms with Gasteiger partial charge in [-0.1, -0.05) is 46.9 Å². The van der Waals surface area contributed by atoms with E-state index in [4.69, 9.17) is 54.0 Å². The Bertz CT molecular complexity index is 1330. The molecule has 0 aliphatic heterocycles. The second-order valence-corrected chi connectivity index (χ2v) is 8.55. The van der Waals surface area contributed by atoms with Crippen LogP contribution in [0.2, 0.25) is 15.1 Å². The van der Waals surface area contributed by atoms with Crippen molar-refractivity contribution >= 4 is 45.7 Å². The van der Waals surface area contributed by atoms with E-state index in [1.165, 1.54) is 0 Å². The second-order valence-electron chi connectivity index (χ2n) is 7.30. The molecular weight excluding hydrogens is 499 g/mol. The van der Waals surface area contributed by atoms with Gasteiger partial charge in [0.05, 0.1) is 47.8 Å². The summed E-state index contributed by atoms with van der Waals surface area (Å²) in [4.78, 5) is 18.0. The minimum atomic E-state index is -0.129. The highest BCUT2D eigenvalue weighted by molar-refractivity contribution is 6.40. The van der Waals surface area contributed by atoms with Crippen LogP contribution in [0.1, 0.15) is 0 Å². The zero-order valence-electron chi connectivity index (χ0n) is 18.3. The largest absolute Gasteiger partial charge is 0.497 e. The van der Waals surface area contributed by atoms with Gasteiger partial charge >= 0.3 is 0 Å². The van der Waals surface area contributed by atoms with E-state index < -0.39 is 0 Å². The molecule has 0 N–H and O–H groups in total. The van der Waals surface area contributed by atoms with Crippen molar-refractivity contribution < 1.29 is 14.2 Å². The van der Waals surface area contributed by atoms with E-state index in [1.54, 1.807) is 29.9 Å². The zero-order valence-corrected chi connectivity index (χ0v) is 20.5. The number of nitrogens with zero attached hydrogens (tertiary/aromatic N) is 2. The van der Waals surface area contributed by atoms with Crippen molar-refractivity contribution in [3.63, 3.8) is 0 Å².